The van der Waals surface area contributed by atoms with Gasteiger partial charge in [0.15, 0.2) is 0 Å². The van der Waals surface area contributed by atoms with Crippen LogP contribution in [0.4, 0.5) is 0 Å². The molecule has 0 bridgehead atoms. The van der Waals surface area contributed by atoms with Gasteiger partial charge in [-0.1, -0.05) is 29.8 Å². The van der Waals surface area contributed by atoms with Crippen LogP contribution in [0, 0.1) is 0 Å². The number of carbonyl (C=O) groups is 1. The minimum atomic E-state index is -0.929. The lowest BCUT2D eigenvalue weighted by Crippen LogP contribution is -1.87. The monoisotopic (exact) mass is 196 g/mol. The van der Waals surface area contributed by atoms with Crippen molar-refractivity contribution in [3.05, 3.63) is 47.0 Å². The molecule has 0 aliphatic carbocycles. The predicted octanol–water partition coefficient (Wildman–Crippen LogP) is 2.52. The first-order valence-electron chi connectivity index (χ1n) is 3.82. The van der Waals surface area contributed by atoms with Gasteiger partial charge in [0.1, 0.15) is 0 Å². The molecule has 1 rings (SSSR count). The van der Waals surface area contributed by atoms with Crippen molar-refractivity contribution in [3.63, 3.8) is 0 Å². The Labute approximate surface area is 81.5 Å². The lowest BCUT2D eigenvalue weighted by Gasteiger charge is -1.95. The molecule has 0 amide bonds. The second-order valence-electron chi connectivity index (χ2n) is 2.57. The Morgan fingerprint density at radius 1 is 1.54 bits per heavy atom. The first-order valence-corrected chi connectivity index (χ1v) is 4.20. The summed E-state index contributed by atoms with van der Waals surface area (Å²) in [7, 11) is 0. The van der Waals surface area contributed by atoms with Crippen molar-refractivity contribution in [2.24, 2.45) is 0 Å². The maximum Gasteiger partial charge on any atom is 0.327 e. The van der Waals surface area contributed by atoms with Gasteiger partial charge in [0, 0.05) is 11.1 Å². The topological polar surface area (TPSA) is 37.3 Å². The van der Waals surface area contributed by atoms with Crippen LogP contribution in [-0.2, 0) is 11.2 Å². The highest BCUT2D eigenvalue weighted by Gasteiger charge is 1.91. The molecule has 0 radical (unpaired) electrons. The second-order valence-corrected chi connectivity index (χ2v) is 3.01. The van der Waals surface area contributed by atoms with Crippen LogP contribution in [0.5, 0.6) is 0 Å². The van der Waals surface area contributed by atoms with Crippen LogP contribution in [0.25, 0.3) is 0 Å². The molecule has 0 heterocycles. The third-order valence-electron chi connectivity index (χ3n) is 1.50. The third kappa shape index (κ3) is 3.76. The Balaban J connectivity index is 2.59. The van der Waals surface area contributed by atoms with E-state index in [4.69, 9.17) is 16.7 Å². The summed E-state index contributed by atoms with van der Waals surface area (Å²) in [5.74, 6) is -0.929. The molecule has 3 heteroatoms. The highest BCUT2D eigenvalue weighted by Crippen LogP contribution is 2.11. The number of rotatable bonds is 3. The zero-order chi connectivity index (χ0) is 9.68. The average molecular weight is 197 g/mol. The van der Waals surface area contributed by atoms with Crippen LogP contribution in [0.15, 0.2) is 36.4 Å². The molecule has 1 aromatic carbocycles. The largest absolute Gasteiger partial charge is 0.478 e. The van der Waals surface area contributed by atoms with E-state index < -0.39 is 5.97 Å². The van der Waals surface area contributed by atoms with E-state index in [1.165, 1.54) is 0 Å². The second kappa shape index (κ2) is 4.67. The van der Waals surface area contributed by atoms with Gasteiger partial charge in [0.25, 0.3) is 0 Å². The van der Waals surface area contributed by atoms with Crippen LogP contribution < -0.4 is 0 Å². The van der Waals surface area contributed by atoms with Gasteiger partial charge < -0.3 is 5.11 Å². The summed E-state index contributed by atoms with van der Waals surface area (Å²) in [6.07, 6.45) is 3.31. The van der Waals surface area contributed by atoms with Gasteiger partial charge in [0.2, 0.25) is 0 Å². The Morgan fingerprint density at radius 2 is 2.31 bits per heavy atom. The fourth-order valence-corrected chi connectivity index (χ4v) is 1.17. The molecular formula is C10H9ClO2. The Hall–Kier alpha value is -1.28. The highest BCUT2D eigenvalue weighted by atomic mass is 35.5. The fourth-order valence-electron chi connectivity index (χ4n) is 0.960. The molecule has 0 aromatic heterocycles. The average Bonchev–Trinajstić information content (AvgIpc) is 2.03. The highest BCUT2D eigenvalue weighted by molar-refractivity contribution is 6.30. The summed E-state index contributed by atoms with van der Waals surface area (Å²) >= 11 is 5.75. The van der Waals surface area contributed by atoms with Crippen molar-refractivity contribution >= 4 is 17.6 Å². The molecular weight excluding hydrogens is 188 g/mol. The predicted molar refractivity (Wildman–Crippen MR) is 51.9 cm³/mol. The van der Waals surface area contributed by atoms with E-state index in [1.807, 2.05) is 18.2 Å². The zero-order valence-electron chi connectivity index (χ0n) is 6.90. The maximum atomic E-state index is 10.1. The lowest BCUT2D eigenvalue weighted by atomic mass is 10.1. The molecule has 1 aromatic rings. The van der Waals surface area contributed by atoms with Crippen molar-refractivity contribution in [2.75, 3.05) is 0 Å². The normalized spacial score (nSPS) is 10.5. The van der Waals surface area contributed by atoms with Crippen LogP contribution >= 0.6 is 11.6 Å². The molecule has 0 atom stereocenters. The molecule has 0 saturated heterocycles. The van der Waals surface area contributed by atoms with Crippen molar-refractivity contribution < 1.29 is 9.90 Å². The molecule has 68 valence electrons. The smallest absolute Gasteiger partial charge is 0.327 e. The lowest BCUT2D eigenvalue weighted by molar-refractivity contribution is -0.131. The minimum Gasteiger partial charge on any atom is -0.478 e. The molecule has 0 unspecified atom stereocenters. The molecule has 0 spiro atoms. The van der Waals surface area contributed by atoms with E-state index in [0.717, 1.165) is 11.6 Å². The minimum absolute atomic E-state index is 0.590. The molecule has 13 heavy (non-hydrogen) atoms. The number of aliphatic carboxylic acids is 1. The van der Waals surface area contributed by atoms with Gasteiger partial charge in [-0.15, -0.1) is 0 Å². The van der Waals surface area contributed by atoms with E-state index in [1.54, 1.807) is 12.1 Å². The van der Waals surface area contributed by atoms with Crippen LogP contribution in [-0.4, -0.2) is 11.1 Å². The van der Waals surface area contributed by atoms with Gasteiger partial charge in [-0.2, -0.15) is 0 Å². The Kier molecular flexibility index (Phi) is 3.53. The summed E-state index contributed by atoms with van der Waals surface area (Å²) in [6, 6.07) is 7.34. The molecule has 0 saturated carbocycles. The summed E-state index contributed by atoms with van der Waals surface area (Å²) in [5, 5.41) is 9.00. The maximum absolute atomic E-state index is 10.1. The quantitative estimate of drug-likeness (QED) is 0.755. The molecule has 0 aliphatic heterocycles. The number of hydrogen-bond acceptors (Lipinski definition) is 1. The fraction of sp³-hybridized carbons (Fsp3) is 0.100. The van der Waals surface area contributed by atoms with Gasteiger partial charge in [-0.05, 0) is 24.1 Å². The molecule has 1 N–H and O–H groups in total. The summed E-state index contributed by atoms with van der Waals surface area (Å²) in [5.41, 5.74) is 1.00. The Bertz CT molecular complexity index is 331. The number of hydrogen-bond donors (Lipinski definition) is 1. The van der Waals surface area contributed by atoms with Gasteiger partial charge in [0.05, 0.1) is 0 Å². The van der Waals surface area contributed by atoms with Crippen molar-refractivity contribution in [2.45, 2.75) is 6.42 Å². The molecule has 0 fully saturated rings. The molecule has 2 nitrogen and oxygen atoms in total. The van der Waals surface area contributed by atoms with Crippen LogP contribution in [0.2, 0.25) is 5.02 Å². The molecule has 0 aliphatic rings. The number of allylic oxidation sites excluding steroid dienone is 1. The number of carboxylic acids is 1. The summed E-state index contributed by atoms with van der Waals surface area (Å²) < 4.78 is 0. The number of benzene rings is 1. The standard InChI is InChI=1S/C10H9ClO2/c11-9-5-1-3-8(7-9)4-2-6-10(12)13/h1-3,5-7H,4H2,(H,12,13). The Morgan fingerprint density at radius 3 is 2.92 bits per heavy atom. The van der Waals surface area contributed by atoms with Crippen molar-refractivity contribution in [1.82, 2.24) is 0 Å². The summed E-state index contributed by atoms with van der Waals surface area (Å²) in [6.45, 7) is 0. The van der Waals surface area contributed by atoms with E-state index in [2.05, 4.69) is 0 Å². The number of halogens is 1. The SMILES string of the molecule is O=C(O)C=CCc1cccc(Cl)c1. The van der Waals surface area contributed by atoms with Crippen molar-refractivity contribution in [3.8, 4) is 0 Å². The van der Waals surface area contributed by atoms with E-state index >= 15 is 0 Å². The van der Waals surface area contributed by atoms with E-state index in [-0.39, 0.29) is 0 Å². The first kappa shape index (κ1) is 9.81. The van der Waals surface area contributed by atoms with Crippen LogP contribution in [0.3, 0.4) is 0 Å². The van der Waals surface area contributed by atoms with E-state index in [9.17, 15) is 4.79 Å². The van der Waals surface area contributed by atoms with Gasteiger partial charge in [-0.25, -0.2) is 4.79 Å². The first-order chi connectivity index (χ1) is 6.18. The van der Waals surface area contributed by atoms with Crippen molar-refractivity contribution in [1.29, 1.82) is 0 Å². The van der Waals surface area contributed by atoms with Gasteiger partial charge >= 0.3 is 5.97 Å². The van der Waals surface area contributed by atoms with Gasteiger partial charge in [-0.3, -0.25) is 0 Å². The number of carboxylic acid groups (broad SMARTS) is 1. The summed E-state index contributed by atoms with van der Waals surface area (Å²) in [4.78, 5) is 10.1. The third-order valence-corrected chi connectivity index (χ3v) is 1.74. The zero-order valence-corrected chi connectivity index (χ0v) is 7.66. The van der Waals surface area contributed by atoms with E-state index in [0.29, 0.717) is 11.4 Å². The van der Waals surface area contributed by atoms with Crippen LogP contribution in [0.1, 0.15) is 5.56 Å².